The highest BCUT2D eigenvalue weighted by Crippen LogP contribution is 2.45. The first-order valence-electron chi connectivity index (χ1n) is 12.7. The monoisotopic (exact) mass is 550 g/mol. The van der Waals surface area contributed by atoms with Crippen LogP contribution in [0.15, 0.2) is 79.0 Å². The quantitative estimate of drug-likeness (QED) is 0.119. The maximum atomic E-state index is 13.7. The summed E-state index contributed by atoms with van der Waals surface area (Å²) in [7, 11) is 0. The second-order valence-corrected chi connectivity index (χ2v) is 10.7. The number of fused-ring (bicyclic) bond motifs is 2. The summed E-state index contributed by atoms with van der Waals surface area (Å²) in [5.74, 6) is -1.26. The average Bonchev–Trinajstić information content (AvgIpc) is 3.60. The van der Waals surface area contributed by atoms with E-state index in [1.54, 1.807) is 30.3 Å². The number of amides is 1. The van der Waals surface area contributed by atoms with Gasteiger partial charge in [-0.3, -0.25) is 14.5 Å². The van der Waals surface area contributed by atoms with E-state index in [1.165, 1.54) is 16.2 Å². The maximum absolute atomic E-state index is 13.7. The molecule has 1 fully saturated rings. The van der Waals surface area contributed by atoms with Gasteiger partial charge < -0.3 is 14.2 Å². The average molecular weight is 551 g/mol. The van der Waals surface area contributed by atoms with Crippen molar-refractivity contribution in [3.63, 3.8) is 0 Å². The zero-order chi connectivity index (χ0) is 28.1. The van der Waals surface area contributed by atoms with Crippen molar-refractivity contribution >= 4 is 49.8 Å². The molecule has 0 bridgehead atoms. The number of rotatable bonds is 6. The number of imidazole rings is 1. The Morgan fingerprint density at radius 3 is 2.60 bits per heavy atom. The molecule has 9 heteroatoms. The van der Waals surface area contributed by atoms with Gasteiger partial charge in [0.25, 0.3) is 5.78 Å². The molecule has 1 amide bonds. The third kappa shape index (κ3) is 4.06. The van der Waals surface area contributed by atoms with E-state index in [4.69, 9.17) is 9.72 Å². The zero-order valence-electron chi connectivity index (χ0n) is 22.2. The second kappa shape index (κ2) is 9.77. The van der Waals surface area contributed by atoms with Crippen LogP contribution in [0.4, 0.5) is 5.13 Å². The first kappa shape index (κ1) is 25.5. The van der Waals surface area contributed by atoms with Crippen molar-refractivity contribution in [2.75, 3.05) is 11.5 Å². The van der Waals surface area contributed by atoms with E-state index in [9.17, 15) is 14.7 Å². The molecule has 200 valence electrons. The van der Waals surface area contributed by atoms with Gasteiger partial charge in [0.05, 0.1) is 27.5 Å². The molecule has 6 rings (SSSR count). The number of aliphatic hydroxyl groups is 1. The Balaban J connectivity index is 1.56. The van der Waals surface area contributed by atoms with Crippen LogP contribution in [0.1, 0.15) is 34.1 Å². The van der Waals surface area contributed by atoms with Crippen molar-refractivity contribution in [3.8, 4) is 5.75 Å². The number of Topliss-reactive ketones (excluding diaryl/α,β-unsaturated/α-hetero) is 1. The lowest BCUT2D eigenvalue weighted by molar-refractivity contribution is -0.132. The lowest BCUT2D eigenvalue weighted by atomic mass is 9.96. The number of nitrogens with zero attached hydrogens (tertiary/aromatic N) is 4. The molecular formula is C31H26N4O4S. The first-order valence-corrected chi connectivity index (χ1v) is 13.6. The van der Waals surface area contributed by atoms with Gasteiger partial charge in [-0.2, -0.15) is 0 Å². The second-order valence-electron chi connectivity index (χ2n) is 9.74. The van der Waals surface area contributed by atoms with Crippen molar-refractivity contribution in [1.29, 1.82) is 0 Å². The van der Waals surface area contributed by atoms with Gasteiger partial charge in [-0.15, -0.1) is 0 Å². The van der Waals surface area contributed by atoms with Crippen LogP contribution >= 0.6 is 11.3 Å². The molecule has 0 spiro atoms. The molecule has 5 aromatic rings. The lowest BCUT2D eigenvalue weighted by Crippen LogP contribution is -2.29. The highest BCUT2D eigenvalue weighted by atomic mass is 32.1. The van der Waals surface area contributed by atoms with E-state index in [1.807, 2.05) is 61.7 Å². The normalized spacial score (nSPS) is 16.8. The molecule has 1 aliphatic heterocycles. The van der Waals surface area contributed by atoms with Crippen LogP contribution < -0.4 is 9.64 Å². The van der Waals surface area contributed by atoms with Crippen LogP contribution in [0.5, 0.6) is 5.75 Å². The van der Waals surface area contributed by atoms with E-state index >= 15 is 0 Å². The summed E-state index contributed by atoms with van der Waals surface area (Å²) >= 11 is 1.33. The van der Waals surface area contributed by atoms with Gasteiger partial charge in [-0.1, -0.05) is 48.3 Å². The number of ketones is 1. The molecule has 1 saturated heterocycles. The van der Waals surface area contributed by atoms with Crippen LogP contribution in [-0.2, 0) is 9.59 Å². The van der Waals surface area contributed by atoms with Crippen molar-refractivity contribution in [3.05, 3.63) is 107 Å². The summed E-state index contributed by atoms with van der Waals surface area (Å²) in [5, 5.41) is 12.1. The van der Waals surface area contributed by atoms with Crippen LogP contribution in [0.25, 0.3) is 21.6 Å². The minimum absolute atomic E-state index is 0.0376. The first-order chi connectivity index (χ1) is 19.3. The van der Waals surface area contributed by atoms with E-state index in [-0.39, 0.29) is 17.0 Å². The molecule has 0 aliphatic carbocycles. The smallest absolute Gasteiger partial charge is 0.301 e. The zero-order valence-corrected chi connectivity index (χ0v) is 23.0. The number of carbonyl (C=O) groups is 2. The summed E-state index contributed by atoms with van der Waals surface area (Å²) in [4.78, 5) is 38.0. The Labute approximate surface area is 234 Å². The Morgan fingerprint density at radius 2 is 1.88 bits per heavy atom. The number of thiazole rings is 1. The van der Waals surface area contributed by atoms with Gasteiger partial charge in [0.15, 0.2) is 10.9 Å². The summed E-state index contributed by atoms with van der Waals surface area (Å²) < 4.78 is 8.39. The molecular weight excluding hydrogens is 524 g/mol. The number of ether oxygens (including phenoxy) is 1. The maximum Gasteiger partial charge on any atom is 0.301 e. The number of pyridine rings is 1. The topological polar surface area (TPSA) is 97.0 Å². The molecule has 40 heavy (non-hydrogen) atoms. The van der Waals surface area contributed by atoms with Gasteiger partial charge in [-0.25, -0.2) is 9.97 Å². The Morgan fingerprint density at radius 1 is 1.10 bits per heavy atom. The number of hydrogen-bond donors (Lipinski definition) is 1. The van der Waals surface area contributed by atoms with Crippen LogP contribution in [0, 0.1) is 20.8 Å². The Bertz CT molecular complexity index is 1870. The van der Waals surface area contributed by atoms with Crippen LogP contribution in [0.3, 0.4) is 0 Å². The number of aliphatic hydroxyl groups excluding tert-OH is 1. The van der Waals surface area contributed by atoms with Crippen molar-refractivity contribution in [2.24, 2.45) is 0 Å². The van der Waals surface area contributed by atoms with Crippen LogP contribution in [0.2, 0.25) is 0 Å². The third-order valence-corrected chi connectivity index (χ3v) is 8.07. The van der Waals surface area contributed by atoms with E-state index < -0.39 is 17.7 Å². The molecule has 1 atom stereocenters. The third-order valence-electron chi connectivity index (χ3n) is 7.06. The molecule has 3 aromatic heterocycles. The SMILES string of the molecule is C=CCOc1ccc(C2/C(=C(\O)c3nc4c(C)cccn4c3C)C(=O)C(=O)N2c2nc3ccc(C)cc3s2)cc1. The van der Waals surface area contributed by atoms with Gasteiger partial charge in [0.2, 0.25) is 0 Å². The number of aromatic nitrogens is 3. The largest absolute Gasteiger partial charge is 0.505 e. The predicted molar refractivity (Wildman–Crippen MR) is 156 cm³/mol. The molecule has 0 radical (unpaired) electrons. The van der Waals surface area contributed by atoms with E-state index in [0.29, 0.717) is 34.4 Å². The number of aryl methyl sites for hydroxylation is 3. The number of anilines is 1. The molecule has 1 aliphatic rings. The minimum atomic E-state index is -0.916. The highest BCUT2D eigenvalue weighted by molar-refractivity contribution is 7.22. The lowest BCUT2D eigenvalue weighted by Gasteiger charge is -2.23. The standard InChI is InChI=1S/C31H26N4O4S/c1-5-15-39-21-11-9-20(10-12-21)26-24(27(36)25-19(4)34-14-6-7-18(3)29(34)33-25)28(37)30(38)35(26)31-32-22-13-8-17(2)16-23(22)40-31/h5-14,16,26,36H,1,15H2,2-4H3/b27-24+. The molecule has 8 nitrogen and oxygen atoms in total. The number of hydrogen-bond acceptors (Lipinski definition) is 7. The summed E-state index contributed by atoms with van der Waals surface area (Å²) in [6, 6.07) is 15.8. The van der Waals surface area contributed by atoms with E-state index in [0.717, 1.165) is 21.3 Å². The summed E-state index contributed by atoms with van der Waals surface area (Å²) in [6.45, 7) is 9.75. The number of benzene rings is 2. The summed E-state index contributed by atoms with van der Waals surface area (Å²) in [6.07, 6.45) is 3.50. The predicted octanol–water partition coefficient (Wildman–Crippen LogP) is 6.06. The van der Waals surface area contributed by atoms with Crippen molar-refractivity contribution in [1.82, 2.24) is 14.4 Å². The van der Waals surface area contributed by atoms with Crippen LogP contribution in [-0.4, -0.2) is 37.8 Å². The molecule has 0 saturated carbocycles. The van der Waals surface area contributed by atoms with Gasteiger partial charge in [0, 0.05) is 6.20 Å². The molecule has 1 unspecified atom stereocenters. The van der Waals surface area contributed by atoms with Crippen molar-refractivity contribution in [2.45, 2.75) is 26.8 Å². The summed E-state index contributed by atoms with van der Waals surface area (Å²) in [5.41, 5.74) is 4.87. The van der Waals surface area contributed by atoms with Gasteiger partial charge in [-0.05, 0) is 67.8 Å². The minimum Gasteiger partial charge on any atom is -0.505 e. The molecule has 2 aromatic carbocycles. The van der Waals surface area contributed by atoms with Gasteiger partial charge >= 0.3 is 5.91 Å². The Hall–Kier alpha value is -4.76. The fourth-order valence-electron chi connectivity index (χ4n) is 5.04. The fraction of sp³-hybridized carbons (Fsp3) is 0.161. The Kier molecular flexibility index (Phi) is 6.23. The highest BCUT2D eigenvalue weighted by Gasteiger charge is 2.48. The van der Waals surface area contributed by atoms with Crippen molar-refractivity contribution < 1.29 is 19.4 Å². The van der Waals surface area contributed by atoms with Gasteiger partial charge in [0.1, 0.15) is 23.7 Å². The molecule has 4 heterocycles. The van der Waals surface area contributed by atoms with E-state index in [2.05, 4.69) is 11.6 Å². The fourth-order valence-corrected chi connectivity index (χ4v) is 6.13. The number of carbonyl (C=O) groups excluding carboxylic acids is 2. The molecule has 1 N–H and O–H groups in total.